The smallest absolute Gasteiger partial charge is 0.168 e. The third kappa shape index (κ3) is 2.31. The lowest BCUT2D eigenvalue weighted by molar-refractivity contribution is 0.0535. The van der Waals surface area contributed by atoms with Crippen LogP contribution in [0.1, 0.15) is 20.3 Å². The van der Waals surface area contributed by atoms with Gasteiger partial charge in [0.05, 0.1) is 0 Å². The predicted octanol–water partition coefficient (Wildman–Crippen LogP) is 0.605. The minimum atomic E-state index is 0.0447. The Bertz CT molecular complexity index is 170. The van der Waals surface area contributed by atoms with Gasteiger partial charge >= 0.3 is 0 Å². The topological polar surface area (TPSA) is 33.3 Å². The van der Waals surface area contributed by atoms with Gasteiger partial charge in [0.2, 0.25) is 0 Å². The van der Waals surface area contributed by atoms with Crippen LogP contribution in [-0.4, -0.2) is 24.0 Å². The molecule has 1 fully saturated rings. The van der Waals surface area contributed by atoms with E-state index in [4.69, 9.17) is 17.0 Å². The lowest BCUT2D eigenvalue weighted by Crippen LogP contribution is -2.59. The first-order valence-electron chi connectivity index (χ1n) is 3.65. The average molecular weight is 174 g/mol. The van der Waals surface area contributed by atoms with Crippen molar-refractivity contribution < 1.29 is 4.74 Å². The van der Waals surface area contributed by atoms with Crippen molar-refractivity contribution in [2.75, 3.05) is 7.11 Å². The van der Waals surface area contributed by atoms with Crippen molar-refractivity contribution in [3.05, 3.63) is 0 Å². The summed E-state index contributed by atoms with van der Waals surface area (Å²) in [6.45, 7) is 4.21. The molecule has 1 atom stereocenters. The molecule has 2 N–H and O–H groups in total. The molecule has 3 nitrogen and oxygen atoms in total. The zero-order chi connectivity index (χ0) is 8.48. The van der Waals surface area contributed by atoms with E-state index in [0.717, 1.165) is 6.42 Å². The normalized spacial score (nSPS) is 29.0. The molecule has 1 unspecified atom stereocenters. The third-order valence-electron chi connectivity index (χ3n) is 1.72. The molecule has 1 heterocycles. The first kappa shape index (κ1) is 8.74. The molecule has 0 radical (unpaired) electrons. The maximum absolute atomic E-state index is 5.16. The maximum atomic E-state index is 5.16. The first-order chi connectivity index (χ1) is 5.03. The van der Waals surface area contributed by atoms with Crippen molar-refractivity contribution in [3.8, 4) is 0 Å². The van der Waals surface area contributed by atoms with E-state index in [1.807, 2.05) is 0 Å². The molecule has 1 saturated heterocycles. The molecular formula is C7H14N2OS. The Balaban J connectivity index is 2.58. The van der Waals surface area contributed by atoms with Crippen molar-refractivity contribution in [3.63, 3.8) is 0 Å². The summed E-state index contributed by atoms with van der Waals surface area (Å²) in [5, 5.41) is 6.85. The van der Waals surface area contributed by atoms with Crippen LogP contribution >= 0.6 is 12.2 Å². The van der Waals surface area contributed by atoms with Gasteiger partial charge in [-0.15, -0.1) is 0 Å². The molecule has 0 saturated carbocycles. The molecule has 1 aliphatic rings. The molecule has 4 heteroatoms. The highest BCUT2D eigenvalue weighted by Gasteiger charge is 2.29. The van der Waals surface area contributed by atoms with E-state index >= 15 is 0 Å². The third-order valence-corrected chi connectivity index (χ3v) is 1.94. The maximum Gasteiger partial charge on any atom is 0.168 e. The Morgan fingerprint density at radius 1 is 1.64 bits per heavy atom. The molecule has 64 valence electrons. The number of nitrogens with one attached hydrogen (secondary N) is 2. The zero-order valence-corrected chi connectivity index (χ0v) is 7.92. The van der Waals surface area contributed by atoms with Crippen molar-refractivity contribution >= 4 is 17.3 Å². The number of thiocarbonyl (C=S) groups is 1. The Labute approximate surface area is 72.5 Å². The molecule has 0 aromatic heterocycles. The van der Waals surface area contributed by atoms with Gasteiger partial charge in [-0.3, -0.25) is 0 Å². The molecule has 0 aromatic carbocycles. The van der Waals surface area contributed by atoms with Gasteiger partial charge in [0.1, 0.15) is 6.23 Å². The van der Waals surface area contributed by atoms with E-state index in [0.29, 0.717) is 5.11 Å². The number of ether oxygens (including phenoxy) is 1. The Morgan fingerprint density at radius 2 is 2.27 bits per heavy atom. The van der Waals surface area contributed by atoms with Gasteiger partial charge in [-0.05, 0) is 26.1 Å². The summed E-state index contributed by atoms with van der Waals surface area (Å²) in [5.41, 5.74) is 0.0447. The Morgan fingerprint density at radius 3 is 2.73 bits per heavy atom. The zero-order valence-electron chi connectivity index (χ0n) is 7.10. The van der Waals surface area contributed by atoms with Crippen LogP contribution in [0.25, 0.3) is 0 Å². The Kier molecular flexibility index (Phi) is 2.34. The summed E-state index contributed by atoms with van der Waals surface area (Å²) in [5.74, 6) is 0. The quantitative estimate of drug-likeness (QED) is 0.571. The van der Waals surface area contributed by atoms with Crippen LogP contribution in [0.15, 0.2) is 0 Å². The van der Waals surface area contributed by atoms with E-state index < -0.39 is 0 Å². The second-order valence-electron chi connectivity index (χ2n) is 3.41. The summed E-state index contributed by atoms with van der Waals surface area (Å²) in [6.07, 6.45) is 0.975. The summed E-state index contributed by atoms with van der Waals surface area (Å²) in [7, 11) is 1.68. The van der Waals surface area contributed by atoms with Crippen LogP contribution in [0.3, 0.4) is 0 Å². The van der Waals surface area contributed by atoms with Crippen LogP contribution < -0.4 is 10.6 Å². The summed E-state index contributed by atoms with van der Waals surface area (Å²) >= 11 is 5.00. The molecular weight excluding hydrogens is 160 g/mol. The van der Waals surface area contributed by atoms with Crippen LogP contribution in [0.5, 0.6) is 0 Å². The van der Waals surface area contributed by atoms with E-state index in [-0.39, 0.29) is 11.8 Å². The average Bonchev–Trinajstić information content (AvgIpc) is 1.83. The van der Waals surface area contributed by atoms with Crippen molar-refractivity contribution in [1.29, 1.82) is 0 Å². The second kappa shape index (κ2) is 2.95. The van der Waals surface area contributed by atoms with Crippen molar-refractivity contribution in [2.45, 2.75) is 32.0 Å². The summed E-state index contributed by atoms with van der Waals surface area (Å²) < 4.78 is 5.16. The first-order valence-corrected chi connectivity index (χ1v) is 4.06. The molecule has 0 amide bonds. The lowest BCUT2D eigenvalue weighted by atomic mass is 9.98. The number of hydrogen-bond donors (Lipinski definition) is 2. The van der Waals surface area contributed by atoms with Gasteiger partial charge in [-0.2, -0.15) is 0 Å². The molecule has 1 rings (SSSR count). The van der Waals surface area contributed by atoms with Gasteiger partial charge in [-0.1, -0.05) is 0 Å². The minimum Gasteiger partial charge on any atom is -0.362 e. The minimum absolute atomic E-state index is 0.0447. The van der Waals surface area contributed by atoms with E-state index in [1.54, 1.807) is 7.11 Å². The highest BCUT2D eigenvalue weighted by Crippen LogP contribution is 2.15. The van der Waals surface area contributed by atoms with Gasteiger partial charge in [-0.25, -0.2) is 0 Å². The molecule has 11 heavy (non-hydrogen) atoms. The van der Waals surface area contributed by atoms with Crippen LogP contribution in [0.2, 0.25) is 0 Å². The highest BCUT2D eigenvalue weighted by atomic mass is 32.1. The van der Waals surface area contributed by atoms with Crippen LogP contribution in [0.4, 0.5) is 0 Å². The predicted molar refractivity (Wildman–Crippen MR) is 48.4 cm³/mol. The van der Waals surface area contributed by atoms with Gasteiger partial charge in [0.15, 0.2) is 5.11 Å². The number of methoxy groups -OCH3 is 1. The summed E-state index contributed by atoms with van der Waals surface area (Å²) in [4.78, 5) is 0. The lowest BCUT2D eigenvalue weighted by Gasteiger charge is -2.37. The van der Waals surface area contributed by atoms with Crippen LogP contribution in [0, 0.1) is 0 Å². The van der Waals surface area contributed by atoms with E-state index in [2.05, 4.69) is 24.5 Å². The highest BCUT2D eigenvalue weighted by molar-refractivity contribution is 7.80. The molecule has 0 aromatic rings. The summed E-state index contributed by atoms with van der Waals surface area (Å²) in [6, 6.07) is 0. The van der Waals surface area contributed by atoms with Gasteiger partial charge < -0.3 is 15.4 Å². The van der Waals surface area contributed by atoms with E-state index in [1.165, 1.54) is 0 Å². The van der Waals surface area contributed by atoms with Gasteiger partial charge in [0, 0.05) is 19.1 Å². The second-order valence-corrected chi connectivity index (χ2v) is 3.82. The van der Waals surface area contributed by atoms with Crippen molar-refractivity contribution in [2.24, 2.45) is 0 Å². The van der Waals surface area contributed by atoms with Crippen molar-refractivity contribution in [1.82, 2.24) is 10.6 Å². The Hall–Kier alpha value is -0.350. The molecule has 0 spiro atoms. The van der Waals surface area contributed by atoms with Crippen LogP contribution in [-0.2, 0) is 4.74 Å². The largest absolute Gasteiger partial charge is 0.362 e. The fraction of sp³-hybridized carbons (Fsp3) is 0.857. The number of hydrogen-bond acceptors (Lipinski definition) is 2. The van der Waals surface area contributed by atoms with Gasteiger partial charge in [0.25, 0.3) is 0 Å². The fourth-order valence-electron chi connectivity index (χ4n) is 1.20. The fourth-order valence-corrected chi connectivity index (χ4v) is 1.61. The molecule has 0 aliphatic carbocycles. The van der Waals surface area contributed by atoms with E-state index in [9.17, 15) is 0 Å². The SMILES string of the molecule is COC1CC(C)(C)NC(=S)N1. The molecule has 1 aliphatic heterocycles. The monoisotopic (exact) mass is 174 g/mol. The standard InChI is InChI=1S/C7H14N2OS/c1-7(2)4-5(10-3)8-6(11)9-7/h5H,4H2,1-3H3,(H2,8,9,11). The molecule has 0 bridgehead atoms. The number of rotatable bonds is 1.